The van der Waals surface area contributed by atoms with Crippen LogP contribution in [0.15, 0.2) is 22.2 Å². The van der Waals surface area contributed by atoms with Crippen molar-refractivity contribution >= 4 is 28.7 Å². The van der Waals surface area contributed by atoms with Crippen molar-refractivity contribution in [1.82, 2.24) is 9.59 Å². The van der Waals surface area contributed by atoms with E-state index in [0.717, 1.165) is 5.56 Å². The summed E-state index contributed by atoms with van der Waals surface area (Å²) in [5.41, 5.74) is 1.51. The third-order valence-corrected chi connectivity index (χ3v) is 2.83. The van der Waals surface area contributed by atoms with Crippen molar-refractivity contribution in [3.05, 3.63) is 33.5 Å². The highest BCUT2D eigenvalue weighted by Gasteiger charge is 2.09. The van der Waals surface area contributed by atoms with E-state index >= 15 is 0 Å². The van der Waals surface area contributed by atoms with Crippen LogP contribution >= 0.6 is 22.9 Å². The Hall–Kier alpha value is -1.07. The smallest absolute Gasteiger partial charge is 0.188 e. The summed E-state index contributed by atoms with van der Waals surface area (Å²) in [6.45, 7) is 0. The summed E-state index contributed by atoms with van der Waals surface area (Å²) in [6.07, 6.45) is 0.426. The van der Waals surface area contributed by atoms with E-state index < -0.39 is 0 Å². The molecule has 0 aromatic carbocycles. The zero-order valence-electron chi connectivity index (χ0n) is 6.64. The second-order valence-electron chi connectivity index (χ2n) is 2.52. The molecule has 5 heteroatoms. The van der Waals surface area contributed by atoms with Gasteiger partial charge in [0.15, 0.2) is 5.78 Å². The topological polar surface area (TPSA) is 42.9 Å². The van der Waals surface area contributed by atoms with Crippen molar-refractivity contribution in [2.75, 3.05) is 0 Å². The molecule has 0 amide bonds. The lowest BCUT2D eigenvalue weighted by Gasteiger charge is -1.91. The molecule has 2 aromatic rings. The van der Waals surface area contributed by atoms with Gasteiger partial charge in [-0.3, -0.25) is 4.79 Å². The minimum absolute atomic E-state index is 0.0344. The first kappa shape index (κ1) is 8.52. The summed E-state index contributed by atoms with van der Waals surface area (Å²) >= 11 is 2.79. The third-order valence-electron chi connectivity index (χ3n) is 1.59. The van der Waals surface area contributed by atoms with Crippen molar-refractivity contribution in [3.63, 3.8) is 0 Å². The lowest BCUT2D eigenvalue weighted by Crippen LogP contribution is -2.02. The van der Waals surface area contributed by atoms with Crippen molar-refractivity contribution in [2.45, 2.75) is 6.42 Å². The second-order valence-corrected chi connectivity index (χ2v) is 3.91. The van der Waals surface area contributed by atoms with Crippen LogP contribution in [0, 0.1) is 0 Å². The van der Waals surface area contributed by atoms with E-state index in [1.165, 1.54) is 11.5 Å². The van der Waals surface area contributed by atoms with Gasteiger partial charge in [0.25, 0.3) is 0 Å². The van der Waals surface area contributed by atoms with E-state index in [1.807, 2.05) is 16.8 Å². The molecule has 0 fully saturated rings. The Morgan fingerprint density at radius 1 is 1.46 bits per heavy atom. The second kappa shape index (κ2) is 3.76. The van der Waals surface area contributed by atoms with Gasteiger partial charge in [-0.1, -0.05) is 4.49 Å². The van der Waals surface area contributed by atoms with Gasteiger partial charge in [-0.2, -0.15) is 11.3 Å². The van der Waals surface area contributed by atoms with Gasteiger partial charge in [-0.15, -0.1) is 5.10 Å². The highest BCUT2D eigenvalue weighted by Crippen LogP contribution is 2.09. The number of carbonyl (C=O) groups is 1. The molecule has 2 rings (SSSR count). The zero-order chi connectivity index (χ0) is 9.10. The molecule has 0 aliphatic rings. The van der Waals surface area contributed by atoms with Gasteiger partial charge in [-0.25, -0.2) is 0 Å². The lowest BCUT2D eigenvalue weighted by atomic mass is 10.1. The molecule has 0 saturated carbocycles. The van der Waals surface area contributed by atoms with Gasteiger partial charge in [0.2, 0.25) is 0 Å². The zero-order valence-corrected chi connectivity index (χ0v) is 8.27. The fourth-order valence-corrected chi connectivity index (χ4v) is 2.08. The maximum absolute atomic E-state index is 11.5. The molecule has 0 atom stereocenters. The number of nitrogens with zero attached hydrogens (tertiary/aromatic N) is 2. The number of rotatable bonds is 3. The molecule has 0 bridgehead atoms. The van der Waals surface area contributed by atoms with E-state index in [0.29, 0.717) is 12.1 Å². The van der Waals surface area contributed by atoms with Crippen molar-refractivity contribution in [3.8, 4) is 0 Å². The number of carbonyl (C=O) groups excluding carboxylic acids is 1. The van der Waals surface area contributed by atoms with Crippen LogP contribution in [0.1, 0.15) is 16.1 Å². The van der Waals surface area contributed by atoms with Crippen LogP contribution in [0.4, 0.5) is 0 Å². The van der Waals surface area contributed by atoms with Crippen molar-refractivity contribution < 1.29 is 4.79 Å². The van der Waals surface area contributed by atoms with E-state index in [4.69, 9.17) is 0 Å². The summed E-state index contributed by atoms with van der Waals surface area (Å²) in [7, 11) is 0. The average molecular weight is 210 g/mol. The van der Waals surface area contributed by atoms with Crippen LogP contribution in [0.25, 0.3) is 0 Å². The largest absolute Gasteiger partial charge is 0.292 e. The van der Waals surface area contributed by atoms with Gasteiger partial charge in [0, 0.05) is 11.8 Å². The lowest BCUT2D eigenvalue weighted by molar-refractivity contribution is 0.0988. The first-order valence-electron chi connectivity index (χ1n) is 3.67. The molecule has 0 unspecified atom stereocenters. The van der Waals surface area contributed by atoms with Gasteiger partial charge >= 0.3 is 0 Å². The van der Waals surface area contributed by atoms with Gasteiger partial charge in [0.05, 0.1) is 0 Å². The fraction of sp³-hybridized carbons (Fsp3) is 0.125. The molecule has 66 valence electrons. The van der Waals surface area contributed by atoms with Crippen LogP contribution < -0.4 is 0 Å². The number of hydrogen-bond acceptors (Lipinski definition) is 5. The van der Waals surface area contributed by atoms with Crippen LogP contribution in [0.5, 0.6) is 0 Å². The maximum Gasteiger partial charge on any atom is 0.188 e. The van der Waals surface area contributed by atoms with Crippen LogP contribution in [-0.2, 0) is 6.42 Å². The van der Waals surface area contributed by atoms with Crippen molar-refractivity contribution in [2.24, 2.45) is 0 Å². The molecule has 0 radical (unpaired) electrons. The predicted molar refractivity (Wildman–Crippen MR) is 52.3 cm³/mol. The highest BCUT2D eigenvalue weighted by molar-refractivity contribution is 7.08. The Balaban J connectivity index is 2.08. The van der Waals surface area contributed by atoms with E-state index in [2.05, 4.69) is 9.59 Å². The Labute approximate surface area is 83.2 Å². The molecule has 0 aliphatic carbocycles. The maximum atomic E-state index is 11.5. The molecule has 0 N–H and O–H groups in total. The number of Topliss-reactive ketones (excluding diaryl/α,β-unsaturated/α-hetero) is 1. The minimum Gasteiger partial charge on any atom is -0.292 e. The number of ketones is 1. The highest BCUT2D eigenvalue weighted by atomic mass is 32.1. The number of aromatic nitrogens is 2. The Morgan fingerprint density at radius 2 is 2.38 bits per heavy atom. The molecule has 2 aromatic heterocycles. The fourth-order valence-electron chi connectivity index (χ4n) is 0.955. The Bertz CT molecular complexity index is 380. The Kier molecular flexibility index (Phi) is 2.47. The molecule has 0 saturated heterocycles. The van der Waals surface area contributed by atoms with E-state index in [9.17, 15) is 4.79 Å². The molecule has 13 heavy (non-hydrogen) atoms. The summed E-state index contributed by atoms with van der Waals surface area (Å²) in [6, 6.07) is 1.95. The van der Waals surface area contributed by atoms with Crippen LogP contribution in [0.2, 0.25) is 0 Å². The molecule has 2 heterocycles. The van der Waals surface area contributed by atoms with E-state index in [-0.39, 0.29) is 5.78 Å². The van der Waals surface area contributed by atoms with Crippen molar-refractivity contribution in [1.29, 1.82) is 0 Å². The van der Waals surface area contributed by atoms with Gasteiger partial charge < -0.3 is 0 Å². The summed E-state index contributed by atoms with van der Waals surface area (Å²) < 4.78 is 3.65. The average Bonchev–Trinajstić information content (AvgIpc) is 2.74. The standard InChI is InChI=1S/C8H6N2OS2/c11-8(7-5-13-10-9-7)3-6-1-2-12-4-6/h1-2,4-5H,3H2. The molecular formula is C8H6N2OS2. The molecule has 0 spiro atoms. The van der Waals surface area contributed by atoms with Gasteiger partial charge in [0.1, 0.15) is 5.69 Å². The van der Waals surface area contributed by atoms with E-state index in [1.54, 1.807) is 16.7 Å². The first-order valence-corrected chi connectivity index (χ1v) is 5.45. The summed E-state index contributed by atoms with van der Waals surface area (Å²) in [5.74, 6) is 0.0344. The third kappa shape index (κ3) is 1.99. The quantitative estimate of drug-likeness (QED) is 0.728. The molecule has 0 aliphatic heterocycles. The van der Waals surface area contributed by atoms with Gasteiger partial charge in [-0.05, 0) is 33.9 Å². The van der Waals surface area contributed by atoms with Crippen LogP contribution in [-0.4, -0.2) is 15.4 Å². The minimum atomic E-state index is 0.0344. The number of hydrogen-bond donors (Lipinski definition) is 0. The molecule has 3 nitrogen and oxygen atoms in total. The van der Waals surface area contributed by atoms with Crippen LogP contribution in [0.3, 0.4) is 0 Å². The normalized spacial score (nSPS) is 10.2. The predicted octanol–water partition coefficient (Wildman–Crippen LogP) is 2.02. The Morgan fingerprint density at radius 3 is 3.00 bits per heavy atom. The number of thiophene rings is 1. The first-order chi connectivity index (χ1) is 6.36. The monoisotopic (exact) mass is 210 g/mol. The summed E-state index contributed by atoms with van der Waals surface area (Å²) in [4.78, 5) is 11.5. The molecular weight excluding hydrogens is 204 g/mol. The SMILES string of the molecule is O=C(Cc1ccsc1)c1csnn1. The summed E-state index contributed by atoms with van der Waals surface area (Å²) in [5, 5.41) is 9.32.